The van der Waals surface area contributed by atoms with Crippen LogP contribution in [0.2, 0.25) is 0 Å². The Labute approximate surface area is 153 Å². The molecule has 1 aliphatic rings. The molecule has 0 aliphatic carbocycles. The molecule has 1 heterocycles. The Morgan fingerprint density at radius 2 is 1.76 bits per heavy atom. The number of amides is 1. The van der Waals surface area contributed by atoms with Gasteiger partial charge in [0.2, 0.25) is 5.91 Å². The van der Waals surface area contributed by atoms with E-state index in [9.17, 15) is 4.79 Å². The summed E-state index contributed by atoms with van der Waals surface area (Å²) in [5, 5.41) is 0. The molecule has 0 spiro atoms. The molecular weight excluding hydrogens is 312 g/mol. The summed E-state index contributed by atoms with van der Waals surface area (Å²) in [7, 11) is 1.75. The van der Waals surface area contributed by atoms with Gasteiger partial charge in [0.05, 0.1) is 0 Å². The molecule has 1 amide bonds. The Morgan fingerprint density at radius 3 is 2.32 bits per heavy atom. The van der Waals surface area contributed by atoms with E-state index in [2.05, 4.69) is 49.6 Å². The van der Waals surface area contributed by atoms with Crippen molar-refractivity contribution in [2.24, 2.45) is 0 Å². The summed E-state index contributed by atoms with van der Waals surface area (Å²) in [6.45, 7) is 12.2. The molecule has 2 unspecified atom stereocenters. The maximum atomic E-state index is 12.9. The topological polar surface area (TPSA) is 32.8 Å². The van der Waals surface area contributed by atoms with Crippen molar-refractivity contribution in [1.82, 2.24) is 9.80 Å². The first-order valence-electron chi connectivity index (χ1n) is 9.43. The summed E-state index contributed by atoms with van der Waals surface area (Å²) in [5.74, 6) is 0.268. The van der Waals surface area contributed by atoms with Crippen molar-refractivity contribution in [3.05, 3.63) is 35.9 Å². The van der Waals surface area contributed by atoms with Crippen molar-refractivity contribution in [2.75, 3.05) is 33.4 Å². The minimum Gasteiger partial charge on any atom is -0.385 e. The first kappa shape index (κ1) is 19.9. The Morgan fingerprint density at radius 1 is 1.16 bits per heavy atom. The second kappa shape index (κ2) is 8.81. The minimum atomic E-state index is -0.138. The van der Waals surface area contributed by atoms with E-state index < -0.39 is 0 Å². The molecule has 4 heteroatoms. The van der Waals surface area contributed by atoms with Crippen molar-refractivity contribution in [3.8, 4) is 0 Å². The highest BCUT2D eigenvalue weighted by Crippen LogP contribution is 2.28. The fourth-order valence-electron chi connectivity index (χ4n) is 3.87. The molecular formula is C21H34N2O2. The van der Waals surface area contributed by atoms with E-state index in [0.29, 0.717) is 18.5 Å². The van der Waals surface area contributed by atoms with Crippen LogP contribution in [-0.2, 0) is 14.9 Å². The summed E-state index contributed by atoms with van der Waals surface area (Å²) < 4.78 is 5.17. The highest BCUT2D eigenvalue weighted by Gasteiger charge is 2.34. The molecule has 1 aromatic carbocycles. The molecule has 1 aliphatic heterocycles. The number of piperazine rings is 1. The average molecular weight is 347 g/mol. The lowest BCUT2D eigenvalue weighted by Gasteiger charge is -2.45. The van der Waals surface area contributed by atoms with Crippen LogP contribution in [0, 0.1) is 0 Å². The maximum Gasteiger partial charge on any atom is 0.223 e. The molecule has 25 heavy (non-hydrogen) atoms. The third-order valence-electron chi connectivity index (χ3n) is 5.37. The highest BCUT2D eigenvalue weighted by atomic mass is 16.5. The van der Waals surface area contributed by atoms with Crippen LogP contribution in [0.25, 0.3) is 0 Å². The molecule has 140 valence electrons. The number of nitrogens with zero attached hydrogens (tertiary/aromatic N) is 2. The average Bonchev–Trinajstić information content (AvgIpc) is 2.57. The molecule has 0 bridgehead atoms. The first-order chi connectivity index (χ1) is 11.8. The van der Waals surface area contributed by atoms with Gasteiger partial charge in [-0.25, -0.2) is 0 Å². The van der Waals surface area contributed by atoms with Crippen LogP contribution in [0.4, 0.5) is 0 Å². The molecule has 2 atom stereocenters. The number of rotatable bonds is 7. The third-order valence-corrected chi connectivity index (χ3v) is 5.37. The predicted molar refractivity (Wildman–Crippen MR) is 103 cm³/mol. The van der Waals surface area contributed by atoms with Crippen molar-refractivity contribution in [2.45, 2.75) is 58.0 Å². The van der Waals surface area contributed by atoms with Gasteiger partial charge in [-0.05, 0) is 31.2 Å². The molecule has 1 saturated heterocycles. The van der Waals surface area contributed by atoms with Crippen LogP contribution < -0.4 is 0 Å². The van der Waals surface area contributed by atoms with Crippen LogP contribution in [-0.4, -0.2) is 61.1 Å². The zero-order valence-electron chi connectivity index (χ0n) is 16.5. The molecule has 0 radical (unpaired) electrons. The van der Waals surface area contributed by atoms with Crippen molar-refractivity contribution < 1.29 is 9.53 Å². The predicted octanol–water partition coefficient (Wildman–Crippen LogP) is 3.31. The van der Waals surface area contributed by atoms with Crippen LogP contribution in [0.1, 0.15) is 46.1 Å². The standard InChI is InChI=1S/C21H34N2O2/c1-17-15-22(16-18(2)23(17)12-9-13-25-5)20(24)14-21(3,4)19-10-7-6-8-11-19/h6-8,10-11,17-18H,9,12-16H2,1-5H3. The SMILES string of the molecule is COCCCN1C(C)CN(C(=O)CC(C)(C)c2ccccc2)CC1C. The second-order valence-corrected chi connectivity index (χ2v) is 8.01. The monoisotopic (exact) mass is 346 g/mol. The lowest BCUT2D eigenvalue weighted by atomic mass is 9.81. The van der Waals surface area contributed by atoms with Crippen molar-refractivity contribution >= 4 is 5.91 Å². The van der Waals surface area contributed by atoms with Gasteiger partial charge >= 0.3 is 0 Å². The molecule has 4 nitrogen and oxygen atoms in total. The van der Waals surface area contributed by atoms with Crippen LogP contribution in [0.5, 0.6) is 0 Å². The van der Waals surface area contributed by atoms with E-state index in [1.807, 2.05) is 18.2 Å². The number of methoxy groups -OCH3 is 1. The number of carbonyl (C=O) groups excluding carboxylic acids is 1. The molecule has 2 rings (SSSR count). The molecule has 0 saturated carbocycles. The van der Waals surface area contributed by atoms with Gasteiger partial charge in [-0.2, -0.15) is 0 Å². The minimum absolute atomic E-state index is 0.138. The number of carbonyl (C=O) groups is 1. The van der Waals surface area contributed by atoms with Crippen LogP contribution in [0.3, 0.4) is 0 Å². The fraction of sp³-hybridized carbons (Fsp3) is 0.667. The van der Waals surface area contributed by atoms with Gasteiger partial charge in [0.1, 0.15) is 0 Å². The Bertz CT molecular complexity index is 532. The van der Waals surface area contributed by atoms with E-state index >= 15 is 0 Å². The highest BCUT2D eigenvalue weighted by molar-refractivity contribution is 5.78. The van der Waals surface area contributed by atoms with Gasteiger partial charge in [-0.3, -0.25) is 9.69 Å². The smallest absolute Gasteiger partial charge is 0.223 e. The zero-order chi connectivity index (χ0) is 18.4. The van der Waals surface area contributed by atoms with Crippen molar-refractivity contribution in [3.63, 3.8) is 0 Å². The molecule has 1 fully saturated rings. The number of hydrogen-bond acceptors (Lipinski definition) is 3. The number of benzene rings is 1. The van der Waals surface area contributed by atoms with E-state index in [0.717, 1.165) is 32.7 Å². The van der Waals surface area contributed by atoms with Gasteiger partial charge < -0.3 is 9.64 Å². The largest absolute Gasteiger partial charge is 0.385 e. The second-order valence-electron chi connectivity index (χ2n) is 8.01. The van der Waals surface area contributed by atoms with E-state index in [1.165, 1.54) is 5.56 Å². The van der Waals surface area contributed by atoms with Crippen LogP contribution >= 0.6 is 0 Å². The van der Waals surface area contributed by atoms with Gasteiger partial charge in [0.15, 0.2) is 0 Å². The third kappa shape index (κ3) is 5.29. The molecule has 0 aromatic heterocycles. The summed E-state index contributed by atoms with van der Waals surface area (Å²) in [4.78, 5) is 17.5. The Hall–Kier alpha value is -1.39. The maximum absolute atomic E-state index is 12.9. The summed E-state index contributed by atoms with van der Waals surface area (Å²) in [6, 6.07) is 11.1. The molecule has 0 N–H and O–H groups in total. The number of hydrogen-bond donors (Lipinski definition) is 0. The summed E-state index contributed by atoms with van der Waals surface area (Å²) in [6.07, 6.45) is 1.60. The normalized spacial score (nSPS) is 22.2. The Balaban J connectivity index is 1.95. The van der Waals surface area contributed by atoms with Gasteiger partial charge in [-0.1, -0.05) is 44.2 Å². The van der Waals surface area contributed by atoms with E-state index in [4.69, 9.17) is 4.74 Å². The fourth-order valence-corrected chi connectivity index (χ4v) is 3.87. The summed E-state index contributed by atoms with van der Waals surface area (Å²) >= 11 is 0. The molecule has 1 aromatic rings. The lowest BCUT2D eigenvalue weighted by Crippen LogP contribution is -2.58. The lowest BCUT2D eigenvalue weighted by molar-refractivity contribution is -0.136. The van der Waals surface area contributed by atoms with Crippen LogP contribution in [0.15, 0.2) is 30.3 Å². The van der Waals surface area contributed by atoms with E-state index in [1.54, 1.807) is 7.11 Å². The zero-order valence-corrected chi connectivity index (χ0v) is 16.5. The van der Waals surface area contributed by atoms with Gasteiger partial charge in [0.25, 0.3) is 0 Å². The number of ether oxygens (including phenoxy) is 1. The van der Waals surface area contributed by atoms with Crippen molar-refractivity contribution in [1.29, 1.82) is 0 Å². The van der Waals surface area contributed by atoms with Gasteiger partial charge in [0, 0.05) is 51.9 Å². The summed E-state index contributed by atoms with van der Waals surface area (Å²) in [5.41, 5.74) is 1.09. The quantitative estimate of drug-likeness (QED) is 0.710. The first-order valence-corrected chi connectivity index (χ1v) is 9.43. The van der Waals surface area contributed by atoms with Gasteiger partial charge in [-0.15, -0.1) is 0 Å². The van der Waals surface area contributed by atoms with E-state index in [-0.39, 0.29) is 11.3 Å². The Kier molecular flexibility index (Phi) is 7.03.